The summed E-state index contributed by atoms with van der Waals surface area (Å²) in [5, 5.41) is 0. The molecule has 1 aromatic rings. The van der Waals surface area contributed by atoms with Gasteiger partial charge in [0.15, 0.2) is 5.82 Å². The Morgan fingerprint density at radius 2 is 1.82 bits per heavy atom. The summed E-state index contributed by atoms with van der Waals surface area (Å²) in [5.74, 6) is -1.59. The molecular formula is C8H11F2N. The summed E-state index contributed by atoms with van der Waals surface area (Å²) in [6, 6.07) is 1.13. The second-order valence-electron chi connectivity index (χ2n) is 3.50. The van der Waals surface area contributed by atoms with Crippen molar-refractivity contribution in [2.75, 3.05) is 0 Å². The summed E-state index contributed by atoms with van der Waals surface area (Å²) in [6.45, 7) is 5.44. The van der Waals surface area contributed by atoms with Crippen LogP contribution in [0.5, 0.6) is 0 Å². The molecule has 0 amide bonds. The van der Waals surface area contributed by atoms with Crippen LogP contribution in [0.2, 0.25) is 0 Å². The van der Waals surface area contributed by atoms with E-state index in [1.807, 2.05) is 20.8 Å². The predicted octanol–water partition coefficient (Wildman–Crippen LogP) is 2.52. The predicted molar refractivity (Wildman–Crippen MR) is 39.3 cm³/mol. The van der Waals surface area contributed by atoms with Crippen molar-refractivity contribution in [1.29, 1.82) is 0 Å². The third-order valence-electron chi connectivity index (χ3n) is 1.50. The highest BCUT2D eigenvalue weighted by Gasteiger charge is 2.18. The first-order valence-corrected chi connectivity index (χ1v) is 3.46. The third-order valence-corrected chi connectivity index (χ3v) is 1.50. The van der Waals surface area contributed by atoms with Crippen molar-refractivity contribution in [2.45, 2.75) is 26.3 Å². The quantitative estimate of drug-likeness (QED) is 0.548. The Kier molecular flexibility index (Phi) is 1.74. The molecule has 0 atom stereocenters. The van der Waals surface area contributed by atoms with Gasteiger partial charge in [0, 0.05) is 11.7 Å². The monoisotopic (exact) mass is 159 g/mol. The average Bonchev–Trinajstić information content (AvgIpc) is 2.11. The largest absolute Gasteiger partial charge is 0.317 e. The Balaban J connectivity index is 3.15. The summed E-state index contributed by atoms with van der Waals surface area (Å²) in [5.41, 5.74) is -0.394. The minimum atomic E-state index is -0.794. The maximum Gasteiger partial charge on any atom is 0.230 e. The van der Waals surface area contributed by atoms with E-state index in [1.54, 1.807) is 0 Å². The van der Waals surface area contributed by atoms with Gasteiger partial charge in [-0.3, -0.25) is 0 Å². The number of halogens is 2. The summed E-state index contributed by atoms with van der Waals surface area (Å²) in [7, 11) is 0. The van der Waals surface area contributed by atoms with E-state index in [4.69, 9.17) is 0 Å². The highest BCUT2D eigenvalue weighted by molar-refractivity contribution is 5.01. The molecule has 0 bridgehead atoms. The molecule has 1 heterocycles. The summed E-state index contributed by atoms with van der Waals surface area (Å²) >= 11 is 0. The van der Waals surface area contributed by atoms with Crippen LogP contribution in [0.1, 0.15) is 20.8 Å². The average molecular weight is 159 g/mol. The zero-order valence-electron chi connectivity index (χ0n) is 6.86. The first-order valence-electron chi connectivity index (χ1n) is 3.46. The molecule has 1 aromatic heterocycles. The molecule has 1 nitrogen and oxygen atoms in total. The Morgan fingerprint density at radius 1 is 1.27 bits per heavy atom. The van der Waals surface area contributed by atoms with Gasteiger partial charge in [-0.25, -0.2) is 4.39 Å². The van der Waals surface area contributed by atoms with Crippen molar-refractivity contribution in [2.24, 2.45) is 0 Å². The lowest BCUT2D eigenvalue weighted by Crippen LogP contribution is -2.22. The topological polar surface area (TPSA) is 4.93 Å². The van der Waals surface area contributed by atoms with E-state index in [-0.39, 0.29) is 0 Å². The zero-order valence-corrected chi connectivity index (χ0v) is 6.86. The van der Waals surface area contributed by atoms with E-state index in [0.717, 1.165) is 6.07 Å². The Bertz CT molecular complexity index is 258. The fraction of sp³-hybridized carbons (Fsp3) is 0.500. The molecule has 0 aliphatic rings. The lowest BCUT2D eigenvalue weighted by Gasteiger charge is -2.21. The maximum atomic E-state index is 12.8. The highest BCUT2D eigenvalue weighted by Crippen LogP contribution is 2.18. The van der Waals surface area contributed by atoms with Crippen LogP contribution in [0.15, 0.2) is 12.3 Å². The van der Waals surface area contributed by atoms with E-state index in [9.17, 15) is 8.78 Å². The van der Waals surface area contributed by atoms with E-state index in [0.29, 0.717) is 0 Å². The van der Waals surface area contributed by atoms with Crippen LogP contribution in [0.4, 0.5) is 8.78 Å². The molecule has 0 saturated heterocycles. The zero-order chi connectivity index (χ0) is 8.65. The summed E-state index contributed by atoms with van der Waals surface area (Å²) < 4.78 is 26.6. The van der Waals surface area contributed by atoms with E-state index >= 15 is 0 Å². The Labute approximate surface area is 64.6 Å². The van der Waals surface area contributed by atoms with Crippen molar-refractivity contribution < 1.29 is 8.78 Å². The molecule has 62 valence electrons. The van der Waals surface area contributed by atoms with Crippen molar-refractivity contribution in [3.05, 3.63) is 24.0 Å². The van der Waals surface area contributed by atoms with Crippen molar-refractivity contribution in [1.82, 2.24) is 4.57 Å². The van der Waals surface area contributed by atoms with Crippen molar-refractivity contribution in [3.63, 3.8) is 0 Å². The van der Waals surface area contributed by atoms with Crippen molar-refractivity contribution >= 4 is 0 Å². The van der Waals surface area contributed by atoms with Gasteiger partial charge < -0.3 is 4.57 Å². The summed E-state index contributed by atoms with van der Waals surface area (Å²) in [4.78, 5) is 0. The first kappa shape index (κ1) is 8.24. The Morgan fingerprint density at radius 3 is 2.00 bits per heavy atom. The smallest absolute Gasteiger partial charge is 0.230 e. The number of aromatic nitrogens is 1. The van der Waals surface area contributed by atoms with Crippen LogP contribution in [0.25, 0.3) is 0 Å². The molecule has 0 radical (unpaired) electrons. The second kappa shape index (κ2) is 2.32. The fourth-order valence-corrected chi connectivity index (χ4v) is 0.907. The van der Waals surface area contributed by atoms with Crippen LogP contribution in [0.3, 0.4) is 0 Å². The fourth-order valence-electron chi connectivity index (χ4n) is 0.907. The third kappa shape index (κ3) is 1.42. The van der Waals surface area contributed by atoms with Gasteiger partial charge in [0.1, 0.15) is 0 Å². The molecular weight excluding hydrogens is 148 g/mol. The lowest BCUT2D eigenvalue weighted by molar-refractivity contribution is 0.322. The molecule has 3 heteroatoms. The van der Waals surface area contributed by atoms with Gasteiger partial charge in [0.2, 0.25) is 5.95 Å². The second-order valence-corrected chi connectivity index (χ2v) is 3.50. The van der Waals surface area contributed by atoms with Crippen LogP contribution >= 0.6 is 0 Å². The molecule has 1 rings (SSSR count). The lowest BCUT2D eigenvalue weighted by atomic mass is 10.1. The van der Waals surface area contributed by atoms with E-state index in [2.05, 4.69) is 0 Å². The highest BCUT2D eigenvalue weighted by atomic mass is 19.2. The molecule has 0 aliphatic carbocycles. The van der Waals surface area contributed by atoms with E-state index in [1.165, 1.54) is 10.8 Å². The molecule has 0 spiro atoms. The molecule has 0 aliphatic heterocycles. The molecule has 0 saturated carbocycles. The van der Waals surface area contributed by atoms with Gasteiger partial charge in [-0.05, 0) is 26.8 Å². The minimum Gasteiger partial charge on any atom is -0.317 e. The van der Waals surface area contributed by atoms with Crippen LogP contribution in [-0.2, 0) is 5.54 Å². The molecule has 0 fully saturated rings. The van der Waals surface area contributed by atoms with E-state index < -0.39 is 17.3 Å². The normalized spacial score (nSPS) is 12.1. The van der Waals surface area contributed by atoms with Gasteiger partial charge in [0.05, 0.1) is 0 Å². The van der Waals surface area contributed by atoms with Gasteiger partial charge in [-0.2, -0.15) is 4.39 Å². The molecule has 11 heavy (non-hydrogen) atoms. The Hall–Kier alpha value is -0.860. The minimum absolute atomic E-state index is 0.394. The van der Waals surface area contributed by atoms with Crippen molar-refractivity contribution in [3.8, 4) is 0 Å². The number of hydrogen-bond acceptors (Lipinski definition) is 0. The number of hydrogen-bond donors (Lipinski definition) is 0. The van der Waals surface area contributed by atoms with Crippen LogP contribution < -0.4 is 0 Å². The number of nitrogens with zero attached hydrogens (tertiary/aromatic N) is 1. The maximum absolute atomic E-state index is 12.8. The molecule has 0 aromatic carbocycles. The van der Waals surface area contributed by atoms with Crippen LogP contribution in [-0.4, -0.2) is 4.57 Å². The van der Waals surface area contributed by atoms with Gasteiger partial charge in [-0.1, -0.05) is 0 Å². The number of rotatable bonds is 0. The van der Waals surface area contributed by atoms with Gasteiger partial charge in [-0.15, -0.1) is 0 Å². The van der Waals surface area contributed by atoms with Crippen LogP contribution in [0, 0.1) is 11.8 Å². The SMILES string of the molecule is CC(C)(C)n1ccc(F)c1F. The van der Waals surface area contributed by atoms with Gasteiger partial charge >= 0.3 is 0 Å². The van der Waals surface area contributed by atoms with Gasteiger partial charge in [0.25, 0.3) is 0 Å². The molecule has 0 N–H and O–H groups in total. The molecule has 0 unspecified atom stereocenters. The standard InChI is InChI=1S/C8H11F2N/c1-8(2,3)11-5-4-6(9)7(11)10/h4-5H,1-3H3. The summed E-state index contributed by atoms with van der Waals surface area (Å²) in [6.07, 6.45) is 1.41. The first-order chi connectivity index (χ1) is 4.93.